The fourth-order valence-electron chi connectivity index (χ4n) is 6.57. The molecule has 1 aliphatic carbocycles. The Morgan fingerprint density at radius 2 is 1.74 bits per heavy atom. The monoisotopic (exact) mass is 637 g/mol. The minimum atomic E-state index is -0.795. The number of Topliss-reactive ketones (excluding diaryl/α,β-unsaturated/α-hetero) is 3. The first-order chi connectivity index (χ1) is 21.6. The molecule has 252 valence electrons. The van der Waals surface area contributed by atoms with Crippen molar-refractivity contribution >= 4 is 17.3 Å². The molecule has 0 amide bonds. The lowest BCUT2D eigenvalue weighted by Gasteiger charge is -2.32. The summed E-state index contributed by atoms with van der Waals surface area (Å²) in [6.45, 7) is 4.26. The molecule has 0 bridgehead atoms. The van der Waals surface area contributed by atoms with Crippen molar-refractivity contribution in [3.05, 3.63) is 82.4 Å². The summed E-state index contributed by atoms with van der Waals surface area (Å²) in [6.07, 6.45) is 1.96. The van der Waals surface area contributed by atoms with Crippen molar-refractivity contribution in [3.8, 4) is 22.6 Å². The zero-order valence-electron chi connectivity index (χ0n) is 27.0. The lowest BCUT2D eigenvalue weighted by atomic mass is 9.72. The lowest BCUT2D eigenvalue weighted by Crippen LogP contribution is -2.32. The third kappa shape index (κ3) is 9.10. The first-order valence-corrected chi connectivity index (χ1v) is 15.7. The summed E-state index contributed by atoms with van der Waals surface area (Å²) in [5.74, 6) is -1.60. The Balaban J connectivity index is 0.00000384. The van der Waals surface area contributed by atoms with Crippen molar-refractivity contribution in [2.75, 3.05) is 26.9 Å². The van der Waals surface area contributed by atoms with Gasteiger partial charge in [0.15, 0.2) is 5.78 Å². The number of hydrogen-bond acceptors (Lipinski definition) is 8. The van der Waals surface area contributed by atoms with E-state index in [0.717, 1.165) is 35.2 Å². The SMILES string of the molecule is COc1ccc(CNCCc2ccc(C)cc2)cc1-c1ccc(O)c2c1CC(CC(CCO)C(CO)C(=O)CC(C)=O)CC2=O.O.[HH].[HH]. The number of ketones is 3. The molecular formula is C37H51NO8. The van der Waals surface area contributed by atoms with Crippen LogP contribution in [0.15, 0.2) is 54.6 Å². The maximum Gasteiger partial charge on any atom is 0.167 e. The van der Waals surface area contributed by atoms with E-state index in [1.54, 1.807) is 13.2 Å². The van der Waals surface area contributed by atoms with Gasteiger partial charge in [-0.15, -0.1) is 0 Å². The fourth-order valence-corrected chi connectivity index (χ4v) is 6.57. The maximum absolute atomic E-state index is 13.5. The number of ether oxygens (including phenoxy) is 1. The number of methoxy groups -OCH3 is 1. The Morgan fingerprint density at radius 1 is 1.02 bits per heavy atom. The summed E-state index contributed by atoms with van der Waals surface area (Å²) in [6, 6.07) is 17.9. The number of carbonyl (C=O) groups excluding carboxylic acids is 3. The van der Waals surface area contributed by atoms with Gasteiger partial charge in [0.2, 0.25) is 0 Å². The average molecular weight is 638 g/mol. The molecular weight excluding hydrogens is 586 g/mol. The molecule has 0 aliphatic heterocycles. The molecule has 1 aliphatic rings. The molecule has 0 heterocycles. The van der Waals surface area contributed by atoms with E-state index >= 15 is 0 Å². The number of aromatic hydroxyl groups is 1. The molecule has 0 saturated heterocycles. The molecule has 9 nitrogen and oxygen atoms in total. The van der Waals surface area contributed by atoms with Crippen LogP contribution in [0.5, 0.6) is 11.5 Å². The molecule has 9 heteroatoms. The van der Waals surface area contributed by atoms with Crippen molar-refractivity contribution in [2.45, 2.75) is 58.9 Å². The van der Waals surface area contributed by atoms with E-state index in [-0.39, 0.29) is 63.2 Å². The van der Waals surface area contributed by atoms with Crippen LogP contribution in [-0.2, 0) is 29.0 Å². The highest BCUT2D eigenvalue weighted by Crippen LogP contribution is 2.43. The van der Waals surface area contributed by atoms with Gasteiger partial charge >= 0.3 is 0 Å². The van der Waals surface area contributed by atoms with Crippen LogP contribution in [0.2, 0.25) is 0 Å². The largest absolute Gasteiger partial charge is 0.507 e. The number of benzene rings is 3. The van der Waals surface area contributed by atoms with E-state index < -0.39 is 18.4 Å². The Hall–Kier alpha value is -3.89. The first kappa shape index (κ1) is 36.6. The molecule has 46 heavy (non-hydrogen) atoms. The first-order valence-electron chi connectivity index (χ1n) is 15.7. The number of phenolic OH excluding ortho intramolecular Hbond substituents is 1. The summed E-state index contributed by atoms with van der Waals surface area (Å²) in [7, 11) is 1.60. The van der Waals surface area contributed by atoms with Crippen LogP contribution in [0.1, 0.15) is 68.1 Å². The average Bonchev–Trinajstić information content (AvgIpc) is 3.00. The number of carbonyl (C=O) groups is 3. The normalized spacial score (nSPS) is 15.4. The molecule has 0 spiro atoms. The fraction of sp³-hybridized carbons (Fsp3) is 0.432. The van der Waals surface area contributed by atoms with E-state index in [1.807, 2.05) is 18.2 Å². The van der Waals surface area contributed by atoms with Crippen LogP contribution < -0.4 is 10.1 Å². The van der Waals surface area contributed by atoms with Gasteiger partial charge in [-0.25, -0.2) is 0 Å². The molecule has 0 fully saturated rings. The Labute approximate surface area is 273 Å². The molecule has 0 saturated carbocycles. The highest BCUT2D eigenvalue weighted by molar-refractivity contribution is 6.03. The zero-order valence-corrected chi connectivity index (χ0v) is 27.0. The van der Waals surface area contributed by atoms with Gasteiger partial charge in [-0.05, 0) is 98.4 Å². The van der Waals surface area contributed by atoms with Crippen molar-refractivity contribution in [2.24, 2.45) is 17.8 Å². The van der Waals surface area contributed by atoms with Crippen molar-refractivity contribution in [1.82, 2.24) is 5.32 Å². The third-order valence-electron chi connectivity index (χ3n) is 8.87. The highest BCUT2D eigenvalue weighted by atomic mass is 16.5. The smallest absolute Gasteiger partial charge is 0.167 e. The van der Waals surface area contributed by atoms with Crippen LogP contribution in [-0.4, -0.2) is 65.0 Å². The van der Waals surface area contributed by atoms with Gasteiger partial charge in [-0.1, -0.05) is 42.0 Å². The number of aryl methyl sites for hydroxylation is 1. The molecule has 3 unspecified atom stereocenters. The second-order valence-corrected chi connectivity index (χ2v) is 12.3. The van der Waals surface area contributed by atoms with E-state index in [2.05, 4.69) is 42.6 Å². The van der Waals surface area contributed by atoms with Crippen molar-refractivity contribution < 1.29 is 42.8 Å². The number of nitrogens with one attached hydrogen (secondary N) is 1. The van der Waals surface area contributed by atoms with E-state index in [9.17, 15) is 29.7 Å². The van der Waals surface area contributed by atoms with Crippen LogP contribution in [0, 0.1) is 24.7 Å². The van der Waals surface area contributed by atoms with Gasteiger partial charge in [0.05, 0.1) is 25.7 Å². The van der Waals surface area contributed by atoms with E-state index in [0.29, 0.717) is 30.7 Å². The van der Waals surface area contributed by atoms with Crippen LogP contribution in [0.3, 0.4) is 0 Å². The summed E-state index contributed by atoms with van der Waals surface area (Å²) in [5, 5.41) is 34.1. The van der Waals surface area contributed by atoms with Crippen LogP contribution in [0.25, 0.3) is 11.1 Å². The summed E-state index contributed by atoms with van der Waals surface area (Å²) < 4.78 is 5.73. The molecule has 0 radical (unpaired) electrons. The number of hydrogen-bond donors (Lipinski definition) is 4. The third-order valence-corrected chi connectivity index (χ3v) is 8.87. The van der Waals surface area contributed by atoms with Crippen molar-refractivity contribution in [1.29, 1.82) is 0 Å². The standard InChI is InChI=1S/C37H45NO7.H2O.2H2/c1-23-4-6-25(7-5-23)12-14-38-21-26-8-11-36(45-3)30(18-26)29-9-10-33(42)37-31(29)19-27(20-35(37)44)17-28(13-15-39)32(22-40)34(43)16-24(2)41;;;/h4-11,18,27-28,32,38-40,42H,12-17,19-22H2,1-3H3;1H2;2*1H. The second-order valence-electron chi connectivity index (χ2n) is 12.3. The Bertz CT molecular complexity index is 1510. The molecule has 3 atom stereocenters. The molecule has 6 N–H and O–H groups in total. The van der Waals surface area contributed by atoms with E-state index in [4.69, 9.17) is 4.74 Å². The van der Waals surface area contributed by atoms with Gasteiger partial charge in [0.1, 0.15) is 23.1 Å². The number of rotatable bonds is 16. The van der Waals surface area contributed by atoms with Crippen LogP contribution in [0.4, 0.5) is 0 Å². The van der Waals surface area contributed by atoms with Crippen LogP contribution >= 0.6 is 0 Å². The quantitative estimate of drug-likeness (QED) is 0.130. The molecule has 4 rings (SSSR count). The second kappa shape index (κ2) is 17.1. The number of fused-ring (bicyclic) bond motifs is 1. The maximum atomic E-state index is 13.5. The summed E-state index contributed by atoms with van der Waals surface area (Å²) >= 11 is 0. The predicted molar refractivity (Wildman–Crippen MR) is 181 cm³/mol. The number of phenols is 1. The van der Waals surface area contributed by atoms with E-state index in [1.165, 1.54) is 18.1 Å². The number of aliphatic hydroxyl groups excluding tert-OH is 2. The van der Waals surface area contributed by atoms with Gasteiger partial charge in [-0.3, -0.25) is 14.4 Å². The topological polar surface area (TPSA) is 165 Å². The highest BCUT2D eigenvalue weighted by Gasteiger charge is 2.35. The zero-order chi connectivity index (χ0) is 32.5. The summed E-state index contributed by atoms with van der Waals surface area (Å²) in [5.41, 5.74) is 6.19. The van der Waals surface area contributed by atoms with Gasteiger partial charge in [0.25, 0.3) is 0 Å². The summed E-state index contributed by atoms with van der Waals surface area (Å²) in [4.78, 5) is 37.9. The minimum absolute atomic E-state index is 0. The number of aliphatic hydroxyl groups is 2. The molecule has 3 aromatic carbocycles. The Morgan fingerprint density at radius 3 is 2.39 bits per heavy atom. The lowest BCUT2D eigenvalue weighted by molar-refractivity contribution is -0.131. The molecule has 3 aromatic rings. The molecule has 0 aromatic heterocycles. The van der Waals surface area contributed by atoms with Crippen molar-refractivity contribution in [3.63, 3.8) is 0 Å². The van der Waals surface area contributed by atoms with Gasteiger partial charge < -0.3 is 30.8 Å². The minimum Gasteiger partial charge on any atom is -0.507 e. The predicted octanol–water partition coefficient (Wildman–Crippen LogP) is 4.67. The Kier molecular flexibility index (Phi) is 13.6. The van der Waals surface area contributed by atoms with Gasteiger partial charge in [-0.2, -0.15) is 0 Å². The van der Waals surface area contributed by atoms with Gasteiger partial charge in [0, 0.05) is 33.9 Å².